The molecule has 1 saturated heterocycles. The van der Waals surface area contributed by atoms with Gasteiger partial charge >= 0.3 is 0 Å². The summed E-state index contributed by atoms with van der Waals surface area (Å²) in [6.07, 6.45) is 1.76. The van der Waals surface area contributed by atoms with Gasteiger partial charge in [0.15, 0.2) is 0 Å². The van der Waals surface area contributed by atoms with Crippen molar-refractivity contribution in [3.8, 4) is 0 Å². The van der Waals surface area contributed by atoms with E-state index in [-0.39, 0.29) is 30.1 Å². The monoisotopic (exact) mass is 375 g/mol. The maximum Gasteiger partial charge on any atom is 0.264 e. The zero-order valence-corrected chi connectivity index (χ0v) is 15.8. The van der Waals surface area contributed by atoms with Crippen molar-refractivity contribution in [1.29, 1.82) is 0 Å². The third kappa shape index (κ3) is 2.76. The van der Waals surface area contributed by atoms with Gasteiger partial charge in [0.2, 0.25) is 0 Å². The number of aliphatic hydroxyl groups excluding tert-OH is 2. The Hall–Kier alpha value is -1.47. The number of amides is 1. The first kappa shape index (κ1) is 17.9. The first-order chi connectivity index (χ1) is 12.6. The van der Waals surface area contributed by atoms with Gasteiger partial charge in [-0.1, -0.05) is 18.2 Å². The van der Waals surface area contributed by atoms with E-state index >= 15 is 0 Å². The molecule has 1 amide bonds. The van der Waals surface area contributed by atoms with Crippen molar-refractivity contribution in [2.24, 2.45) is 5.41 Å². The van der Waals surface area contributed by atoms with Gasteiger partial charge in [-0.15, -0.1) is 11.3 Å². The molecule has 6 heteroatoms. The van der Waals surface area contributed by atoms with Crippen LogP contribution in [0.15, 0.2) is 24.3 Å². The number of hydrogen-bond acceptors (Lipinski definition) is 5. The van der Waals surface area contributed by atoms with Crippen LogP contribution < -0.4 is 0 Å². The number of carbonyl (C=O) groups excluding carboxylic acids is 1. The lowest BCUT2D eigenvalue weighted by molar-refractivity contribution is -0.211. The van der Waals surface area contributed by atoms with Crippen molar-refractivity contribution >= 4 is 27.3 Å². The summed E-state index contributed by atoms with van der Waals surface area (Å²) in [6, 6.07) is 8.13. The molecule has 2 fully saturated rings. The van der Waals surface area contributed by atoms with Crippen LogP contribution in [-0.4, -0.2) is 59.5 Å². The third-order valence-corrected chi connectivity index (χ3v) is 7.43. The highest BCUT2D eigenvalue weighted by atomic mass is 32.1. The largest absolute Gasteiger partial charge is 0.394 e. The Balaban J connectivity index is 1.47. The van der Waals surface area contributed by atoms with E-state index < -0.39 is 0 Å². The number of benzene rings is 1. The van der Waals surface area contributed by atoms with E-state index in [0.717, 1.165) is 33.4 Å². The lowest BCUT2D eigenvalue weighted by Crippen LogP contribution is -2.62. The molecule has 1 saturated carbocycles. The summed E-state index contributed by atoms with van der Waals surface area (Å²) in [7, 11) is 0. The zero-order valence-electron chi connectivity index (χ0n) is 15.0. The summed E-state index contributed by atoms with van der Waals surface area (Å²) < 4.78 is 6.87. The molecule has 0 unspecified atom stereocenters. The molecule has 0 radical (unpaired) electrons. The molecular formula is C20H25NO4S. The minimum Gasteiger partial charge on any atom is -0.394 e. The summed E-state index contributed by atoms with van der Waals surface area (Å²) in [6.45, 7) is 3.61. The first-order valence-corrected chi connectivity index (χ1v) is 10.1. The molecular weight excluding hydrogens is 350 g/mol. The van der Waals surface area contributed by atoms with Gasteiger partial charge in [0.05, 0.1) is 30.3 Å². The minimum absolute atomic E-state index is 0.00149. The van der Waals surface area contributed by atoms with Crippen LogP contribution in [0.2, 0.25) is 0 Å². The van der Waals surface area contributed by atoms with E-state index in [1.807, 2.05) is 24.0 Å². The molecule has 140 valence electrons. The standard InChI is InChI=1S/C20H25NO4S/c1-13-14-4-2-3-5-15(14)26-18(13)19(24)21-8-6-20(7-9-21)16(23)12-17(20)25-11-10-22/h2-5,16-17,22-23H,6-12H2,1H3/t16-,17+/m0/s1. The van der Waals surface area contributed by atoms with E-state index in [4.69, 9.17) is 9.84 Å². The summed E-state index contributed by atoms with van der Waals surface area (Å²) in [5.41, 5.74) is 0.810. The molecule has 1 aliphatic heterocycles. The van der Waals surface area contributed by atoms with Crippen LogP contribution in [0.4, 0.5) is 0 Å². The Morgan fingerprint density at radius 3 is 2.73 bits per heavy atom. The highest BCUT2D eigenvalue weighted by molar-refractivity contribution is 7.21. The highest BCUT2D eigenvalue weighted by Crippen LogP contribution is 2.51. The van der Waals surface area contributed by atoms with Crippen molar-refractivity contribution < 1.29 is 19.7 Å². The molecule has 0 bridgehead atoms. The zero-order chi connectivity index (χ0) is 18.3. The maximum absolute atomic E-state index is 13.1. The molecule has 2 heterocycles. The molecule has 1 aromatic carbocycles. The van der Waals surface area contributed by atoms with Crippen LogP contribution in [0.5, 0.6) is 0 Å². The molecule has 2 aliphatic rings. The number of aryl methyl sites for hydroxylation is 1. The number of carbonyl (C=O) groups is 1. The number of thiophene rings is 1. The maximum atomic E-state index is 13.1. The molecule has 1 spiro atoms. The van der Waals surface area contributed by atoms with Crippen LogP contribution >= 0.6 is 11.3 Å². The van der Waals surface area contributed by atoms with Gasteiger partial charge in [-0.2, -0.15) is 0 Å². The number of piperidine rings is 1. The topological polar surface area (TPSA) is 70.0 Å². The minimum atomic E-state index is -0.366. The van der Waals surface area contributed by atoms with E-state index in [1.54, 1.807) is 11.3 Å². The molecule has 2 N–H and O–H groups in total. The lowest BCUT2D eigenvalue weighted by atomic mass is 9.58. The number of fused-ring (bicyclic) bond motifs is 1. The Kier molecular flexibility index (Phi) is 4.77. The van der Waals surface area contributed by atoms with Gasteiger partial charge in [-0.05, 0) is 36.8 Å². The van der Waals surface area contributed by atoms with E-state index in [2.05, 4.69) is 12.1 Å². The predicted molar refractivity (Wildman–Crippen MR) is 102 cm³/mol. The van der Waals surface area contributed by atoms with Crippen LogP contribution in [-0.2, 0) is 4.74 Å². The number of likely N-dealkylation sites (tertiary alicyclic amines) is 1. The SMILES string of the molecule is Cc1c(C(=O)N2CCC3(CC2)[C@@H](O)C[C@H]3OCCO)sc2ccccc12. The molecule has 1 aromatic heterocycles. The van der Waals surface area contributed by atoms with Gasteiger partial charge < -0.3 is 19.8 Å². The predicted octanol–water partition coefficient (Wildman–Crippen LogP) is 2.57. The number of ether oxygens (including phenoxy) is 1. The van der Waals surface area contributed by atoms with E-state index in [1.165, 1.54) is 0 Å². The van der Waals surface area contributed by atoms with Gasteiger partial charge in [-0.3, -0.25) is 4.79 Å². The molecule has 2 aromatic rings. The van der Waals surface area contributed by atoms with Crippen LogP contribution in [0.25, 0.3) is 10.1 Å². The fraction of sp³-hybridized carbons (Fsp3) is 0.550. The third-order valence-electron chi connectivity index (χ3n) is 6.17. The summed E-state index contributed by atoms with van der Waals surface area (Å²) in [5.74, 6) is 0.0974. The lowest BCUT2D eigenvalue weighted by Gasteiger charge is -2.56. The van der Waals surface area contributed by atoms with Crippen molar-refractivity contribution in [3.05, 3.63) is 34.7 Å². The Morgan fingerprint density at radius 1 is 1.35 bits per heavy atom. The van der Waals surface area contributed by atoms with Gasteiger partial charge in [-0.25, -0.2) is 0 Å². The molecule has 26 heavy (non-hydrogen) atoms. The Bertz CT molecular complexity index is 809. The molecule has 5 nitrogen and oxygen atoms in total. The molecule has 4 rings (SSSR count). The summed E-state index contributed by atoms with van der Waals surface area (Å²) in [4.78, 5) is 15.8. The summed E-state index contributed by atoms with van der Waals surface area (Å²) >= 11 is 1.56. The van der Waals surface area contributed by atoms with Crippen LogP contribution in [0, 0.1) is 12.3 Å². The van der Waals surface area contributed by atoms with Crippen molar-refractivity contribution in [2.45, 2.75) is 38.4 Å². The van der Waals surface area contributed by atoms with Crippen LogP contribution in [0.1, 0.15) is 34.5 Å². The van der Waals surface area contributed by atoms with Crippen molar-refractivity contribution in [2.75, 3.05) is 26.3 Å². The number of hydrogen-bond donors (Lipinski definition) is 2. The molecule has 2 atom stereocenters. The smallest absolute Gasteiger partial charge is 0.264 e. The second-order valence-electron chi connectivity index (χ2n) is 7.41. The van der Waals surface area contributed by atoms with Crippen molar-refractivity contribution in [1.82, 2.24) is 4.90 Å². The fourth-order valence-electron chi connectivity index (χ4n) is 4.46. The normalized spacial score (nSPS) is 24.8. The first-order valence-electron chi connectivity index (χ1n) is 9.25. The van der Waals surface area contributed by atoms with E-state index in [0.29, 0.717) is 26.1 Å². The van der Waals surface area contributed by atoms with Crippen molar-refractivity contribution in [3.63, 3.8) is 0 Å². The second-order valence-corrected chi connectivity index (χ2v) is 8.46. The number of rotatable bonds is 4. The Morgan fingerprint density at radius 2 is 2.08 bits per heavy atom. The quantitative estimate of drug-likeness (QED) is 0.862. The van der Waals surface area contributed by atoms with Gasteiger partial charge in [0.1, 0.15) is 0 Å². The fourth-order valence-corrected chi connectivity index (χ4v) is 5.64. The molecule has 1 aliphatic carbocycles. The average molecular weight is 375 g/mol. The van der Waals surface area contributed by atoms with Gasteiger partial charge in [0.25, 0.3) is 5.91 Å². The number of aliphatic hydroxyl groups is 2. The Labute approximate surface area is 157 Å². The highest BCUT2D eigenvalue weighted by Gasteiger charge is 2.56. The van der Waals surface area contributed by atoms with Gasteiger partial charge in [0, 0.05) is 29.6 Å². The van der Waals surface area contributed by atoms with E-state index in [9.17, 15) is 9.90 Å². The number of nitrogens with zero attached hydrogens (tertiary/aromatic N) is 1. The second kappa shape index (κ2) is 6.93. The summed E-state index contributed by atoms with van der Waals surface area (Å²) in [5, 5.41) is 20.5. The van der Waals surface area contributed by atoms with Crippen LogP contribution in [0.3, 0.4) is 0 Å². The average Bonchev–Trinajstić information content (AvgIpc) is 3.01.